The van der Waals surface area contributed by atoms with Crippen LogP contribution in [0.1, 0.15) is 12.5 Å². The predicted molar refractivity (Wildman–Crippen MR) is 58.2 cm³/mol. The average Bonchev–Trinajstić information content (AvgIpc) is 2.78. The number of carbonyl (C=O) groups is 1. The lowest BCUT2D eigenvalue weighted by Crippen LogP contribution is -2.37. The molecule has 1 aliphatic heterocycles. The van der Waals surface area contributed by atoms with Crippen molar-refractivity contribution in [2.45, 2.75) is 30.7 Å². The minimum Gasteiger partial charge on any atom is -0.441 e. The van der Waals surface area contributed by atoms with E-state index >= 15 is 0 Å². The molecule has 1 aromatic rings. The highest BCUT2D eigenvalue weighted by molar-refractivity contribution is 5.70. The molecule has 18 heavy (non-hydrogen) atoms. The summed E-state index contributed by atoms with van der Waals surface area (Å²) in [6.45, 7) is 0. The van der Waals surface area contributed by atoms with Crippen molar-refractivity contribution in [3.63, 3.8) is 0 Å². The number of fused-ring (bicyclic) bond motifs is 1. The van der Waals surface area contributed by atoms with Crippen molar-refractivity contribution in [3.8, 4) is 0 Å². The Hall–Kier alpha value is -2.09. The Morgan fingerprint density at radius 2 is 2.17 bits per heavy atom. The van der Waals surface area contributed by atoms with Crippen LogP contribution in [0.25, 0.3) is 0 Å². The van der Waals surface area contributed by atoms with Crippen molar-refractivity contribution in [2.24, 2.45) is 0 Å². The second-order valence-electron chi connectivity index (χ2n) is 4.43. The van der Waals surface area contributed by atoms with E-state index in [2.05, 4.69) is 10.3 Å². The number of amides is 1. The Morgan fingerprint density at radius 3 is 2.83 bits per heavy atom. The molecule has 8 heteroatoms. The molecule has 1 saturated carbocycles. The lowest BCUT2D eigenvalue weighted by molar-refractivity contribution is 0.0230. The summed E-state index contributed by atoms with van der Waals surface area (Å²) in [5, 5.41) is 12.6. The van der Waals surface area contributed by atoms with Gasteiger partial charge in [-0.2, -0.15) is 0 Å². The van der Waals surface area contributed by atoms with Gasteiger partial charge in [0.15, 0.2) is 6.10 Å². The minimum absolute atomic E-state index is 0.309. The molecule has 0 aromatic carbocycles. The smallest absolute Gasteiger partial charge is 0.407 e. The Kier molecular flexibility index (Phi) is 2.27. The number of H-pyrrole nitrogens is 1. The number of hydrogen-bond acceptors (Lipinski definition) is 5. The highest BCUT2D eigenvalue weighted by atomic mass is 16.6. The van der Waals surface area contributed by atoms with Crippen LogP contribution in [0.15, 0.2) is 21.9 Å². The van der Waals surface area contributed by atoms with Crippen molar-refractivity contribution >= 4 is 6.09 Å². The molecule has 4 atom stereocenters. The standard InChI is InChI=1S/C10H11N3O5/c14-6-1-2-13(9(16)12-6)5-3-4-8(7(5)15)18-10(17)11-4/h1-2,4-5,7-8,15H,3H2,(H,11,17)(H,12,14,16)/t4-,5-,7-,8-/m1/s1. The lowest BCUT2D eigenvalue weighted by atomic mass is 10.2. The minimum atomic E-state index is -0.974. The number of aliphatic hydroxyl groups excluding tert-OH is 1. The largest absolute Gasteiger partial charge is 0.441 e. The fourth-order valence-electron chi connectivity index (χ4n) is 2.56. The topological polar surface area (TPSA) is 113 Å². The zero-order valence-corrected chi connectivity index (χ0v) is 9.20. The maximum atomic E-state index is 11.6. The van der Waals surface area contributed by atoms with Gasteiger partial charge in [-0.15, -0.1) is 0 Å². The molecule has 2 aliphatic rings. The molecule has 3 N–H and O–H groups in total. The van der Waals surface area contributed by atoms with Crippen LogP contribution in [-0.4, -0.2) is 39.0 Å². The van der Waals surface area contributed by atoms with Crippen LogP contribution in [0, 0.1) is 0 Å². The molecule has 1 saturated heterocycles. The van der Waals surface area contributed by atoms with Gasteiger partial charge in [-0.25, -0.2) is 9.59 Å². The summed E-state index contributed by atoms with van der Waals surface area (Å²) in [6, 6.07) is 0.378. The molecule has 1 aromatic heterocycles. The summed E-state index contributed by atoms with van der Waals surface area (Å²) < 4.78 is 6.18. The third-order valence-corrected chi connectivity index (χ3v) is 3.38. The molecule has 1 aliphatic carbocycles. The number of rotatable bonds is 1. The third-order valence-electron chi connectivity index (χ3n) is 3.38. The summed E-state index contributed by atoms with van der Waals surface area (Å²) >= 11 is 0. The molecule has 0 unspecified atom stereocenters. The number of ether oxygens (including phenoxy) is 1. The summed E-state index contributed by atoms with van der Waals surface area (Å²) in [4.78, 5) is 35.7. The number of hydrogen-bond donors (Lipinski definition) is 3. The number of alkyl carbamates (subject to hydrolysis) is 1. The first-order chi connectivity index (χ1) is 8.56. The molecule has 0 bridgehead atoms. The number of aliphatic hydroxyl groups is 1. The van der Waals surface area contributed by atoms with Crippen molar-refractivity contribution in [1.82, 2.24) is 14.9 Å². The maximum Gasteiger partial charge on any atom is 0.407 e. The van der Waals surface area contributed by atoms with Crippen LogP contribution >= 0.6 is 0 Å². The SMILES string of the molecule is O=C1N[C@@H]2C[C@@H](n3ccc(=O)[nH]c3=O)[C@@H](O)[C@@H]2O1. The van der Waals surface area contributed by atoms with Crippen LogP contribution in [0.3, 0.4) is 0 Å². The van der Waals surface area contributed by atoms with Gasteiger partial charge in [0.05, 0.1) is 12.1 Å². The monoisotopic (exact) mass is 253 g/mol. The molecule has 0 radical (unpaired) electrons. The lowest BCUT2D eigenvalue weighted by Gasteiger charge is -2.19. The van der Waals surface area contributed by atoms with E-state index in [0.29, 0.717) is 6.42 Å². The number of aromatic amines is 1. The summed E-state index contributed by atoms with van der Waals surface area (Å²) in [7, 11) is 0. The highest BCUT2D eigenvalue weighted by Crippen LogP contribution is 2.34. The van der Waals surface area contributed by atoms with Gasteiger partial charge in [-0.3, -0.25) is 14.3 Å². The highest BCUT2D eigenvalue weighted by Gasteiger charge is 2.50. The molecule has 1 amide bonds. The van der Waals surface area contributed by atoms with E-state index in [1.54, 1.807) is 0 Å². The van der Waals surface area contributed by atoms with Gasteiger partial charge in [-0.05, 0) is 6.42 Å². The van der Waals surface area contributed by atoms with Gasteiger partial charge < -0.3 is 15.2 Å². The molecule has 2 fully saturated rings. The second kappa shape index (κ2) is 3.70. The fourth-order valence-corrected chi connectivity index (χ4v) is 2.56. The van der Waals surface area contributed by atoms with E-state index in [4.69, 9.17) is 4.74 Å². The number of aromatic nitrogens is 2. The molecular formula is C10H11N3O5. The number of nitrogens with one attached hydrogen (secondary N) is 2. The molecule has 8 nitrogen and oxygen atoms in total. The normalized spacial score (nSPS) is 33.9. The van der Waals surface area contributed by atoms with Gasteiger partial charge in [0.2, 0.25) is 0 Å². The Bertz CT molecular complexity index is 606. The van der Waals surface area contributed by atoms with E-state index < -0.39 is 35.6 Å². The number of nitrogens with zero attached hydrogens (tertiary/aromatic N) is 1. The summed E-state index contributed by atoms with van der Waals surface area (Å²) in [5.74, 6) is 0. The molecule has 2 heterocycles. The average molecular weight is 253 g/mol. The molecule has 3 rings (SSSR count). The summed E-state index contributed by atoms with van der Waals surface area (Å²) in [6.07, 6.45) is -0.475. The third kappa shape index (κ3) is 1.53. The van der Waals surface area contributed by atoms with Gasteiger partial charge >= 0.3 is 11.8 Å². The maximum absolute atomic E-state index is 11.6. The molecular weight excluding hydrogens is 242 g/mol. The van der Waals surface area contributed by atoms with E-state index in [-0.39, 0.29) is 6.04 Å². The van der Waals surface area contributed by atoms with Gasteiger partial charge in [0, 0.05) is 12.3 Å². The van der Waals surface area contributed by atoms with Crippen molar-refractivity contribution in [3.05, 3.63) is 33.1 Å². The van der Waals surface area contributed by atoms with Crippen LogP contribution in [0.2, 0.25) is 0 Å². The quantitative estimate of drug-likeness (QED) is 0.553. The van der Waals surface area contributed by atoms with Crippen LogP contribution in [-0.2, 0) is 4.74 Å². The van der Waals surface area contributed by atoms with Crippen molar-refractivity contribution in [1.29, 1.82) is 0 Å². The Balaban J connectivity index is 1.93. The van der Waals surface area contributed by atoms with E-state index in [1.807, 2.05) is 0 Å². The van der Waals surface area contributed by atoms with Crippen LogP contribution in [0.5, 0.6) is 0 Å². The Labute approximate surface area is 100 Å². The fraction of sp³-hybridized carbons (Fsp3) is 0.500. The van der Waals surface area contributed by atoms with Gasteiger partial charge in [0.1, 0.15) is 6.10 Å². The van der Waals surface area contributed by atoms with Crippen LogP contribution < -0.4 is 16.6 Å². The van der Waals surface area contributed by atoms with Crippen molar-refractivity contribution < 1.29 is 14.6 Å². The van der Waals surface area contributed by atoms with Gasteiger partial charge in [0.25, 0.3) is 5.56 Å². The van der Waals surface area contributed by atoms with E-state index in [0.717, 1.165) is 0 Å². The van der Waals surface area contributed by atoms with E-state index in [1.165, 1.54) is 16.8 Å². The molecule has 96 valence electrons. The zero-order valence-electron chi connectivity index (χ0n) is 9.20. The van der Waals surface area contributed by atoms with E-state index in [9.17, 15) is 19.5 Å². The predicted octanol–water partition coefficient (Wildman–Crippen LogP) is -1.68. The molecule has 0 spiro atoms. The van der Waals surface area contributed by atoms with Crippen molar-refractivity contribution in [2.75, 3.05) is 0 Å². The first-order valence-corrected chi connectivity index (χ1v) is 5.53. The first kappa shape index (κ1) is 11.0. The van der Waals surface area contributed by atoms with Crippen LogP contribution in [0.4, 0.5) is 4.79 Å². The Morgan fingerprint density at radius 1 is 1.39 bits per heavy atom. The zero-order chi connectivity index (χ0) is 12.9. The summed E-state index contributed by atoms with van der Waals surface area (Å²) in [5.41, 5.74) is -1.08. The second-order valence-corrected chi connectivity index (χ2v) is 4.43. The first-order valence-electron chi connectivity index (χ1n) is 5.53. The van der Waals surface area contributed by atoms with Gasteiger partial charge in [-0.1, -0.05) is 0 Å². The number of carbonyl (C=O) groups excluding carboxylic acids is 1.